The van der Waals surface area contributed by atoms with Crippen molar-refractivity contribution in [1.82, 2.24) is 10.6 Å². The molecule has 4 rings (SSSR count). The fraction of sp³-hybridized carbons (Fsp3) is 0.586. The van der Waals surface area contributed by atoms with E-state index in [1.807, 2.05) is 0 Å². The lowest BCUT2D eigenvalue weighted by Crippen LogP contribution is -2.32. The molecule has 2 heterocycles. The van der Waals surface area contributed by atoms with Crippen LogP contribution in [0, 0.1) is 19.8 Å². The molecule has 1 aromatic carbocycles. The Labute approximate surface area is 206 Å². The van der Waals surface area contributed by atoms with Gasteiger partial charge < -0.3 is 15.5 Å². The Morgan fingerprint density at radius 3 is 2.52 bits per heavy atom. The van der Waals surface area contributed by atoms with Crippen LogP contribution in [-0.2, 0) is 6.42 Å². The van der Waals surface area contributed by atoms with Crippen LogP contribution in [0.4, 0.5) is 5.69 Å². The number of hydrogen-bond acceptors (Lipinski definition) is 4. The van der Waals surface area contributed by atoms with Gasteiger partial charge in [0.15, 0.2) is 0 Å². The van der Waals surface area contributed by atoms with Crippen LogP contribution in [0.25, 0.3) is 0 Å². The topological polar surface area (TPSA) is 27.3 Å². The molecule has 0 radical (unpaired) electrons. The molecular formula is C29H43N3S. The number of thioether (sulfide) groups is 1. The summed E-state index contributed by atoms with van der Waals surface area (Å²) in [5.41, 5.74) is 8.48. The lowest BCUT2D eigenvalue weighted by Gasteiger charge is -2.32. The van der Waals surface area contributed by atoms with E-state index >= 15 is 0 Å². The second kappa shape index (κ2) is 11.1. The van der Waals surface area contributed by atoms with Crippen LogP contribution < -0.4 is 15.5 Å². The maximum atomic E-state index is 4.32. The van der Waals surface area contributed by atoms with E-state index in [9.17, 15) is 0 Å². The van der Waals surface area contributed by atoms with Crippen molar-refractivity contribution in [2.45, 2.75) is 84.6 Å². The van der Waals surface area contributed by atoms with E-state index in [1.165, 1.54) is 91.7 Å². The fourth-order valence-corrected chi connectivity index (χ4v) is 6.61. The van der Waals surface area contributed by atoms with Crippen LogP contribution in [0.15, 0.2) is 46.5 Å². The van der Waals surface area contributed by atoms with Crippen molar-refractivity contribution < 1.29 is 0 Å². The normalized spacial score (nSPS) is 24.0. The minimum absolute atomic E-state index is 0.550. The minimum atomic E-state index is 0.550. The number of rotatable bonds is 7. The van der Waals surface area contributed by atoms with E-state index < -0.39 is 0 Å². The number of nitrogens with zero attached hydrogens (tertiary/aromatic N) is 1. The number of anilines is 1. The summed E-state index contributed by atoms with van der Waals surface area (Å²) < 4.78 is 0. The molecule has 3 nitrogen and oxygen atoms in total. The van der Waals surface area contributed by atoms with Crippen LogP contribution >= 0.6 is 11.8 Å². The summed E-state index contributed by atoms with van der Waals surface area (Å²) in [6.45, 7) is 18.8. The molecule has 33 heavy (non-hydrogen) atoms. The summed E-state index contributed by atoms with van der Waals surface area (Å²) in [6, 6.07) is 5.48. The highest BCUT2D eigenvalue weighted by atomic mass is 32.2. The predicted octanol–water partition coefficient (Wildman–Crippen LogP) is 6.97. The first-order valence-corrected chi connectivity index (χ1v) is 13.8. The molecule has 2 N–H and O–H groups in total. The lowest BCUT2D eigenvalue weighted by molar-refractivity contribution is 0.304. The van der Waals surface area contributed by atoms with E-state index in [-0.39, 0.29) is 0 Å². The highest BCUT2D eigenvalue weighted by Crippen LogP contribution is 2.35. The number of benzene rings is 1. The first-order chi connectivity index (χ1) is 15.9. The van der Waals surface area contributed by atoms with Crippen molar-refractivity contribution in [3.05, 3.63) is 63.2 Å². The SMILES string of the molecule is C=C(NC1CCC(Cc2cc(N3CCCCC3)cc(C)c2C)CC1)SC1=C(C)CCNC1=C. The molecule has 0 spiro atoms. The Morgan fingerprint density at radius 2 is 1.82 bits per heavy atom. The van der Waals surface area contributed by atoms with Gasteiger partial charge in [-0.3, -0.25) is 0 Å². The Hall–Kier alpha value is -1.81. The highest BCUT2D eigenvalue weighted by molar-refractivity contribution is 8.06. The van der Waals surface area contributed by atoms with Gasteiger partial charge in [0.25, 0.3) is 0 Å². The van der Waals surface area contributed by atoms with Gasteiger partial charge in [-0.25, -0.2) is 0 Å². The summed E-state index contributed by atoms with van der Waals surface area (Å²) in [7, 11) is 0. The van der Waals surface area contributed by atoms with Gasteiger partial charge in [-0.1, -0.05) is 30.5 Å². The molecule has 0 unspecified atom stereocenters. The zero-order valence-electron chi connectivity index (χ0n) is 21.1. The van der Waals surface area contributed by atoms with Crippen LogP contribution in [0.1, 0.15) is 75.0 Å². The van der Waals surface area contributed by atoms with Crippen LogP contribution in [0.3, 0.4) is 0 Å². The van der Waals surface area contributed by atoms with Gasteiger partial charge in [0.1, 0.15) is 0 Å². The fourth-order valence-electron chi connectivity index (χ4n) is 5.66. The molecule has 4 heteroatoms. The van der Waals surface area contributed by atoms with Crippen LogP contribution in [0.5, 0.6) is 0 Å². The summed E-state index contributed by atoms with van der Waals surface area (Å²) in [4.78, 5) is 3.88. The first-order valence-electron chi connectivity index (χ1n) is 13.0. The third kappa shape index (κ3) is 6.20. The maximum Gasteiger partial charge on any atom is 0.0659 e. The second-order valence-corrected chi connectivity index (χ2v) is 11.6. The van der Waals surface area contributed by atoms with E-state index in [0.29, 0.717) is 6.04 Å². The average Bonchev–Trinajstić information content (AvgIpc) is 2.81. The Bertz CT molecular complexity index is 902. The van der Waals surface area contributed by atoms with Gasteiger partial charge in [-0.05, 0) is 113 Å². The molecule has 1 saturated carbocycles. The van der Waals surface area contributed by atoms with Crippen molar-refractivity contribution in [1.29, 1.82) is 0 Å². The van der Waals surface area contributed by atoms with Gasteiger partial charge >= 0.3 is 0 Å². The highest BCUT2D eigenvalue weighted by Gasteiger charge is 2.24. The predicted molar refractivity (Wildman–Crippen MR) is 146 cm³/mol. The van der Waals surface area contributed by atoms with Crippen molar-refractivity contribution in [3.8, 4) is 0 Å². The Balaban J connectivity index is 1.30. The number of nitrogens with one attached hydrogen (secondary N) is 2. The Morgan fingerprint density at radius 1 is 1.09 bits per heavy atom. The quantitative estimate of drug-likeness (QED) is 0.455. The summed E-state index contributed by atoms with van der Waals surface area (Å²) in [5, 5.41) is 8.18. The molecular weight excluding hydrogens is 422 g/mol. The van der Waals surface area contributed by atoms with E-state index in [1.54, 1.807) is 17.3 Å². The minimum Gasteiger partial charge on any atom is -0.384 e. The van der Waals surface area contributed by atoms with E-state index in [2.05, 4.69) is 61.6 Å². The van der Waals surface area contributed by atoms with Crippen LogP contribution in [0.2, 0.25) is 0 Å². The molecule has 0 amide bonds. The van der Waals surface area contributed by atoms with E-state index in [4.69, 9.17) is 0 Å². The molecule has 0 atom stereocenters. The Kier molecular flexibility index (Phi) is 8.16. The average molecular weight is 466 g/mol. The van der Waals surface area contributed by atoms with E-state index in [0.717, 1.165) is 29.6 Å². The molecule has 180 valence electrons. The van der Waals surface area contributed by atoms with Gasteiger partial charge in [0.2, 0.25) is 0 Å². The summed E-state index contributed by atoms with van der Waals surface area (Å²) in [6.07, 6.45) is 11.5. The van der Waals surface area contributed by atoms with Crippen molar-refractivity contribution in [2.75, 3.05) is 24.5 Å². The zero-order chi connectivity index (χ0) is 23.4. The smallest absolute Gasteiger partial charge is 0.0659 e. The number of hydrogen-bond donors (Lipinski definition) is 2. The van der Waals surface area contributed by atoms with Gasteiger partial charge in [-0.2, -0.15) is 0 Å². The molecule has 1 aliphatic carbocycles. The van der Waals surface area contributed by atoms with Crippen LogP contribution in [-0.4, -0.2) is 25.7 Å². The standard InChI is InChI=1S/C29H43N3S/c1-20-13-14-30-23(4)29(20)33-24(5)31-27-11-9-25(10-12-27)18-26-19-28(17-21(2)22(26)3)32-15-7-6-8-16-32/h17,19,25,27,30-31H,4-16,18H2,1-3H3. The van der Waals surface area contributed by atoms with Gasteiger partial charge in [0.05, 0.1) is 5.03 Å². The molecule has 0 bridgehead atoms. The van der Waals surface area contributed by atoms with Crippen molar-refractivity contribution >= 4 is 17.4 Å². The molecule has 2 aliphatic heterocycles. The molecule has 1 saturated heterocycles. The second-order valence-electron chi connectivity index (χ2n) is 10.5. The largest absolute Gasteiger partial charge is 0.384 e. The monoisotopic (exact) mass is 465 g/mol. The first kappa shape index (κ1) is 24.3. The lowest BCUT2D eigenvalue weighted by atomic mass is 9.81. The zero-order valence-corrected chi connectivity index (χ0v) is 21.9. The molecule has 2 fully saturated rings. The molecule has 1 aromatic rings. The maximum absolute atomic E-state index is 4.32. The third-order valence-corrected chi connectivity index (χ3v) is 9.09. The number of piperidine rings is 1. The summed E-state index contributed by atoms with van der Waals surface area (Å²) >= 11 is 1.76. The van der Waals surface area contributed by atoms with Gasteiger partial charge in [0, 0.05) is 42.0 Å². The van der Waals surface area contributed by atoms with Crippen molar-refractivity contribution in [2.24, 2.45) is 5.92 Å². The summed E-state index contributed by atoms with van der Waals surface area (Å²) in [5.74, 6) is 0.797. The van der Waals surface area contributed by atoms with Gasteiger partial charge in [-0.15, -0.1) is 0 Å². The molecule has 3 aliphatic rings. The third-order valence-electron chi connectivity index (χ3n) is 7.93. The number of aryl methyl sites for hydroxylation is 1. The molecule has 0 aromatic heterocycles. The van der Waals surface area contributed by atoms with Crippen molar-refractivity contribution in [3.63, 3.8) is 0 Å².